The van der Waals surface area contributed by atoms with Gasteiger partial charge in [0.2, 0.25) is 0 Å². The van der Waals surface area contributed by atoms with Crippen molar-refractivity contribution in [3.8, 4) is 0 Å². The van der Waals surface area contributed by atoms with Crippen molar-refractivity contribution in [2.75, 3.05) is 6.54 Å². The standard InChI is InChI=1S/C11H15FN2O2/c1-7(2)10(15)6-14-11(16)8-3-9(12)5-13-4-8/h3-5,7,10,15H,6H2,1-2H3,(H,14,16). The van der Waals surface area contributed by atoms with Gasteiger partial charge in [0.05, 0.1) is 17.9 Å². The third-order valence-corrected chi connectivity index (χ3v) is 2.21. The lowest BCUT2D eigenvalue weighted by Crippen LogP contribution is -2.34. The minimum Gasteiger partial charge on any atom is -0.391 e. The molecule has 1 atom stereocenters. The van der Waals surface area contributed by atoms with Crippen molar-refractivity contribution < 1.29 is 14.3 Å². The first kappa shape index (κ1) is 12.6. The molecular weight excluding hydrogens is 211 g/mol. The van der Waals surface area contributed by atoms with Crippen LogP contribution in [0.3, 0.4) is 0 Å². The molecule has 5 heteroatoms. The topological polar surface area (TPSA) is 62.2 Å². The highest BCUT2D eigenvalue weighted by atomic mass is 19.1. The molecule has 4 nitrogen and oxygen atoms in total. The number of aliphatic hydroxyl groups is 1. The normalized spacial score (nSPS) is 12.6. The van der Waals surface area contributed by atoms with Gasteiger partial charge in [-0.25, -0.2) is 4.39 Å². The second-order valence-corrected chi connectivity index (χ2v) is 3.91. The van der Waals surface area contributed by atoms with Crippen LogP contribution in [0.25, 0.3) is 0 Å². The lowest BCUT2D eigenvalue weighted by atomic mass is 10.1. The van der Waals surface area contributed by atoms with Crippen molar-refractivity contribution in [2.24, 2.45) is 5.92 Å². The third kappa shape index (κ3) is 3.58. The Morgan fingerprint density at radius 1 is 1.56 bits per heavy atom. The molecule has 88 valence electrons. The second-order valence-electron chi connectivity index (χ2n) is 3.91. The van der Waals surface area contributed by atoms with Crippen molar-refractivity contribution in [1.82, 2.24) is 10.3 Å². The van der Waals surface area contributed by atoms with Crippen LogP contribution in [0.4, 0.5) is 4.39 Å². The fraction of sp³-hybridized carbons (Fsp3) is 0.455. The summed E-state index contributed by atoms with van der Waals surface area (Å²) in [4.78, 5) is 15.1. The Kier molecular flexibility index (Phi) is 4.37. The van der Waals surface area contributed by atoms with Crippen molar-refractivity contribution in [3.05, 3.63) is 29.8 Å². The molecule has 0 bridgehead atoms. The van der Waals surface area contributed by atoms with E-state index in [0.29, 0.717) is 0 Å². The molecule has 0 fully saturated rings. The van der Waals surface area contributed by atoms with Crippen molar-refractivity contribution in [2.45, 2.75) is 20.0 Å². The molecule has 0 radical (unpaired) electrons. The molecule has 0 aliphatic carbocycles. The van der Waals surface area contributed by atoms with Crippen LogP contribution in [0.5, 0.6) is 0 Å². The van der Waals surface area contributed by atoms with Crippen LogP contribution in [0.15, 0.2) is 18.5 Å². The Morgan fingerprint density at radius 3 is 2.81 bits per heavy atom. The zero-order chi connectivity index (χ0) is 12.1. The zero-order valence-electron chi connectivity index (χ0n) is 9.27. The van der Waals surface area contributed by atoms with Gasteiger partial charge in [-0.2, -0.15) is 0 Å². The van der Waals surface area contributed by atoms with Crippen LogP contribution >= 0.6 is 0 Å². The smallest absolute Gasteiger partial charge is 0.253 e. The van der Waals surface area contributed by atoms with E-state index in [4.69, 9.17) is 0 Å². The van der Waals surface area contributed by atoms with Gasteiger partial charge in [-0.1, -0.05) is 13.8 Å². The molecule has 1 heterocycles. The van der Waals surface area contributed by atoms with Crippen molar-refractivity contribution in [1.29, 1.82) is 0 Å². The van der Waals surface area contributed by atoms with Gasteiger partial charge in [-0.3, -0.25) is 9.78 Å². The van der Waals surface area contributed by atoms with Crippen molar-refractivity contribution >= 4 is 5.91 Å². The molecule has 1 amide bonds. The number of carbonyl (C=O) groups is 1. The number of pyridine rings is 1. The van der Waals surface area contributed by atoms with Crippen molar-refractivity contribution in [3.63, 3.8) is 0 Å². The summed E-state index contributed by atoms with van der Waals surface area (Å²) >= 11 is 0. The monoisotopic (exact) mass is 226 g/mol. The molecule has 0 saturated heterocycles. The maximum atomic E-state index is 12.8. The molecule has 0 saturated carbocycles. The molecular formula is C11H15FN2O2. The highest BCUT2D eigenvalue weighted by molar-refractivity contribution is 5.93. The first-order valence-electron chi connectivity index (χ1n) is 5.07. The number of aromatic nitrogens is 1. The van der Waals surface area contributed by atoms with Gasteiger partial charge in [0.1, 0.15) is 5.82 Å². The van der Waals surface area contributed by atoms with E-state index in [1.54, 1.807) is 0 Å². The average Bonchev–Trinajstić information content (AvgIpc) is 2.25. The fourth-order valence-corrected chi connectivity index (χ4v) is 1.07. The first-order valence-corrected chi connectivity index (χ1v) is 5.07. The van der Waals surface area contributed by atoms with E-state index in [2.05, 4.69) is 10.3 Å². The van der Waals surface area contributed by atoms with Crippen LogP contribution in [0.2, 0.25) is 0 Å². The summed E-state index contributed by atoms with van der Waals surface area (Å²) in [6.45, 7) is 3.84. The van der Waals surface area contributed by atoms with E-state index in [-0.39, 0.29) is 18.0 Å². The average molecular weight is 226 g/mol. The Balaban J connectivity index is 2.53. The van der Waals surface area contributed by atoms with Crippen LogP contribution in [-0.4, -0.2) is 28.6 Å². The van der Waals surface area contributed by atoms with E-state index in [9.17, 15) is 14.3 Å². The summed E-state index contributed by atoms with van der Waals surface area (Å²) in [6.07, 6.45) is 1.70. The van der Waals surface area contributed by atoms with Crippen LogP contribution in [-0.2, 0) is 0 Å². The molecule has 2 N–H and O–H groups in total. The summed E-state index contributed by atoms with van der Waals surface area (Å²) in [5.41, 5.74) is 0.149. The van der Waals surface area contributed by atoms with Crippen LogP contribution < -0.4 is 5.32 Å². The van der Waals surface area contributed by atoms with Gasteiger partial charge in [0.15, 0.2) is 0 Å². The molecule has 0 aliphatic rings. The molecule has 1 unspecified atom stereocenters. The lowest BCUT2D eigenvalue weighted by Gasteiger charge is -2.14. The van der Waals surface area contributed by atoms with E-state index in [1.165, 1.54) is 6.20 Å². The van der Waals surface area contributed by atoms with Gasteiger partial charge in [-0.15, -0.1) is 0 Å². The Hall–Kier alpha value is -1.49. The lowest BCUT2D eigenvalue weighted by molar-refractivity contribution is 0.0871. The van der Waals surface area contributed by atoms with Gasteiger partial charge in [-0.05, 0) is 12.0 Å². The third-order valence-electron chi connectivity index (χ3n) is 2.21. The maximum Gasteiger partial charge on any atom is 0.253 e. The van der Waals surface area contributed by atoms with Crippen LogP contribution in [0, 0.1) is 11.7 Å². The Labute approximate surface area is 93.5 Å². The molecule has 1 aromatic rings. The van der Waals surface area contributed by atoms with E-state index >= 15 is 0 Å². The predicted octanol–water partition coefficient (Wildman–Crippen LogP) is 0.967. The Bertz CT molecular complexity index is 369. The summed E-state index contributed by atoms with van der Waals surface area (Å²) < 4.78 is 12.8. The van der Waals surface area contributed by atoms with E-state index in [1.807, 2.05) is 13.8 Å². The van der Waals surface area contributed by atoms with Gasteiger partial charge < -0.3 is 10.4 Å². The minimum absolute atomic E-state index is 0.0611. The molecule has 1 rings (SSSR count). The number of nitrogens with one attached hydrogen (secondary N) is 1. The maximum absolute atomic E-state index is 12.8. The molecule has 0 spiro atoms. The van der Waals surface area contributed by atoms with Gasteiger partial charge in [0, 0.05) is 12.7 Å². The number of aliphatic hydroxyl groups excluding tert-OH is 1. The zero-order valence-corrected chi connectivity index (χ0v) is 9.27. The molecule has 0 aromatic carbocycles. The molecule has 0 aliphatic heterocycles. The number of amides is 1. The largest absolute Gasteiger partial charge is 0.391 e. The molecule has 16 heavy (non-hydrogen) atoms. The summed E-state index contributed by atoms with van der Waals surface area (Å²) in [6, 6.07) is 1.10. The van der Waals surface area contributed by atoms with Gasteiger partial charge in [0.25, 0.3) is 5.91 Å². The first-order chi connectivity index (χ1) is 7.50. The predicted molar refractivity (Wildman–Crippen MR) is 57.4 cm³/mol. The number of nitrogens with zero attached hydrogens (tertiary/aromatic N) is 1. The summed E-state index contributed by atoms with van der Waals surface area (Å²) in [5, 5.41) is 12.0. The van der Waals surface area contributed by atoms with Gasteiger partial charge >= 0.3 is 0 Å². The number of carbonyl (C=O) groups excluding carboxylic acids is 1. The number of rotatable bonds is 4. The quantitative estimate of drug-likeness (QED) is 0.804. The van der Waals surface area contributed by atoms with E-state index < -0.39 is 17.8 Å². The minimum atomic E-state index is -0.606. The number of halogens is 1. The molecule has 1 aromatic heterocycles. The highest BCUT2D eigenvalue weighted by Crippen LogP contribution is 2.02. The Morgan fingerprint density at radius 2 is 2.25 bits per heavy atom. The van der Waals surface area contributed by atoms with Crippen LogP contribution in [0.1, 0.15) is 24.2 Å². The number of hydrogen-bond acceptors (Lipinski definition) is 3. The second kappa shape index (κ2) is 5.55. The summed E-state index contributed by atoms with van der Waals surface area (Å²) in [7, 11) is 0. The summed E-state index contributed by atoms with van der Waals surface area (Å²) in [5.74, 6) is -0.935. The van der Waals surface area contributed by atoms with E-state index in [0.717, 1.165) is 12.3 Å². The fourth-order valence-electron chi connectivity index (χ4n) is 1.07. The number of hydrogen-bond donors (Lipinski definition) is 2. The highest BCUT2D eigenvalue weighted by Gasteiger charge is 2.12. The SMILES string of the molecule is CC(C)C(O)CNC(=O)c1cncc(F)c1.